The SMILES string of the molecule is CCCCCCC(=O)c1ccc(F)cc1F. The van der Waals surface area contributed by atoms with Crippen LogP contribution in [-0.2, 0) is 0 Å². The molecule has 0 N–H and O–H groups in total. The highest BCUT2D eigenvalue weighted by atomic mass is 19.1. The van der Waals surface area contributed by atoms with E-state index in [4.69, 9.17) is 0 Å². The molecule has 3 heteroatoms. The Morgan fingerprint density at radius 1 is 1.19 bits per heavy atom. The van der Waals surface area contributed by atoms with Crippen molar-refractivity contribution in [1.82, 2.24) is 0 Å². The normalized spacial score (nSPS) is 10.4. The van der Waals surface area contributed by atoms with Gasteiger partial charge in [-0.25, -0.2) is 8.78 Å². The van der Waals surface area contributed by atoms with Crippen LogP contribution in [0, 0.1) is 11.6 Å². The molecule has 0 aliphatic rings. The predicted molar refractivity (Wildman–Crippen MR) is 59.4 cm³/mol. The summed E-state index contributed by atoms with van der Waals surface area (Å²) in [5.74, 6) is -1.66. The van der Waals surface area contributed by atoms with Crippen molar-refractivity contribution in [2.75, 3.05) is 0 Å². The molecule has 0 aromatic heterocycles. The van der Waals surface area contributed by atoms with Gasteiger partial charge in [-0.2, -0.15) is 0 Å². The standard InChI is InChI=1S/C13H16F2O/c1-2-3-4-5-6-13(16)11-8-7-10(14)9-12(11)15/h7-9H,2-6H2,1H3. The van der Waals surface area contributed by atoms with Gasteiger partial charge in [0.2, 0.25) is 0 Å². The molecule has 0 saturated carbocycles. The molecular weight excluding hydrogens is 210 g/mol. The van der Waals surface area contributed by atoms with E-state index in [1.165, 1.54) is 6.07 Å². The number of Topliss-reactive ketones (excluding diaryl/α,β-unsaturated/α-hetero) is 1. The maximum absolute atomic E-state index is 13.2. The molecule has 16 heavy (non-hydrogen) atoms. The minimum absolute atomic E-state index is 0.00195. The fourth-order valence-electron chi connectivity index (χ4n) is 1.56. The number of unbranched alkanes of at least 4 members (excludes halogenated alkanes) is 3. The van der Waals surface area contributed by atoms with Gasteiger partial charge in [0.05, 0.1) is 5.56 Å². The Bertz CT molecular complexity index is 361. The first kappa shape index (κ1) is 12.8. The second-order valence-corrected chi connectivity index (χ2v) is 3.86. The molecule has 88 valence electrons. The Morgan fingerprint density at radius 3 is 2.56 bits per heavy atom. The van der Waals surface area contributed by atoms with Crippen LogP contribution in [-0.4, -0.2) is 5.78 Å². The van der Waals surface area contributed by atoms with Crippen molar-refractivity contribution in [2.45, 2.75) is 39.0 Å². The van der Waals surface area contributed by atoms with Crippen LogP contribution in [0.5, 0.6) is 0 Å². The molecule has 1 nitrogen and oxygen atoms in total. The van der Waals surface area contributed by atoms with Gasteiger partial charge in [-0.05, 0) is 18.6 Å². The summed E-state index contributed by atoms with van der Waals surface area (Å²) in [7, 11) is 0. The van der Waals surface area contributed by atoms with E-state index in [0.717, 1.165) is 37.8 Å². The van der Waals surface area contributed by atoms with E-state index in [0.29, 0.717) is 6.42 Å². The highest BCUT2D eigenvalue weighted by Crippen LogP contribution is 2.14. The number of carbonyl (C=O) groups is 1. The van der Waals surface area contributed by atoms with E-state index in [9.17, 15) is 13.6 Å². The van der Waals surface area contributed by atoms with Gasteiger partial charge in [-0.1, -0.05) is 26.2 Å². The average Bonchev–Trinajstić information content (AvgIpc) is 2.24. The Morgan fingerprint density at radius 2 is 1.94 bits per heavy atom. The Kier molecular flexibility index (Phi) is 5.09. The predicted octanol–water partition coefficient (Wildman–Crippen LogP) is 4.12. The van der Waals surface area contributed by atoms with Gasteiger partial charge in [0, 0.05) is 12.5 Å². The van der Waals surface area contributed by atoms with Gasteiger partial charge in [0.1, 0.15) is 11.6 Å². The Balaban J connectivity index is 2.53. The molecule has 1 aromatic rings. The molecule has 1 rings (SSSR count). The molecule has 0 saturated heterocycles. The molecule has 0 unspecified atom stereocenters. The minimum atomic E-state index is -0.763. The van der Waals surface area contributed by atoms with Gasteiger partial charge in [-0.15, -0.1) is 0 Å². The van der Waals surface area contributed by atoms with Crippen molar-refractivity contribution >= 4 is 5.78 Å². The first-order chi connectivity index (χ1) is 7.65. The maximum Gasteiger partial charge on any atom is 0.165 e. The summed E-state index contributed by atoms with van der Waals surface area (Å²) in [6, 6.07) is 3.08. The molecule has 0 atom stereocenters. The van der Waals surface area contributed by atoms with Crippen LogP contribution in [0.4, 0.5) is 8.78 Å². The number of hydrogen-bond donors (Lipinski definition) is 0. The fourth-order valence-corrected chi connectivity index (χ4v) is 1.56. The van der Waals surface area contributed by atoms with Crippen molar-refractivity contribution in [3.63, 3.8) is 0 Å². The number of carbonyl (C=O) groups excluding carboxylic acids is 1. The van der Waals surface area contributed by atoms with Crippen molar-refractivity contribution in [1.29, 1.82) is 0 Å². The first-order valence-corrected chi connectivity index (χ1v) is 5.63. The van der Waals surface area contributed by atoms with E-state index >= 15 is 0 Å². The lowest BCUT2D eigenvalue weighted by molar-refractivity contribution is 0.0975. The van der Waals surface area contributed by atoms with Gasteiger partial charge in [-0.3, -0.25) is 4.79 Å². The summed E-state index contributed by atoms with van der Waals surface area (Å²) in [4.78, 5) is 11.6. The van der Waals surface area contributed by atoms with Crippen molar-refractivity contribution in [3.05, 3.63) is 35.4 Å². The highest BCUT2D eigenvalue weighted by molar-refractivity contribution is 5.96. The highest BCUT2D eigenvalue weighted by Gasteiger charge is 2.11. The minimum Gasteiger partial charge on any atom is -0.294 e. The van der Waals surface area contributed by atoms with Crippen LogP contribution in [0.25, 0.3) is 0 Å². The lowest BCUT2D eigenvalue weighted by atomic mass is 10.0. The molecule has 0 bridgehead atoms. The molecule has 0 radical (unpaired) electrons. The summed E-state index contributed by atoms with van der Waals surface area (Å²) < 4.78 is 25.8. The van der Waals surface area contributed by atoms with Gasteiger partial charge in [0.15, 0.2) is 5.78 Å². The molecule has 0 fully saturated rings. The second kappa shape index (κ2) is 6.36. The van der Waals surface area contributed by atoms with Crippen molar-refractivity contribution in [3.8, 4) is 0 Å². The van der Waals surface area contributed by atoms with Crippen LogP contribution >= 0.6 is 0 Å². The van der Waals surface area contributed by atoms with Crippen molar-refractivity contribution < 1.29 is 13.6 Å². The van der Waals surface area contributed by atoms with E-state index in [1.807, 2.05) is 0 Å². The molecule has 0 heterocycles. The third kappa shape index (κ3) is 3.72. The molecule has 0 amide bonds. The molecule has 0 spiro atoms. The van der Waals surface area contributed by atoms with Crippen LogP contribution in [0.15, 0.2) is 18.2 Å². The third-order valence-electron chi connectivity index (χ3n) is 2.49. The van der Waals surface area contributed by atoms with Crippen molar-refractivity contribution in [2.24, 2.45) is 0 Å². The number of ketones is 1. The van der Waals surface area contributed by atoms with Crippen LogP contribution < -0.4 is 0 Å². The van der Waals surface area contributed by atoms with E-state index in [-0.39, 0.29) is 11.3 Å². The van der Waals surface area contributed by atoms with Crippen LogP contribution in [0.2, 0.25) is 0 Å². The quantitative estimate of drug-likeness (QED) is 0.526. The number of halogens is 2. The summed E-state index contributed by atoms with van der Waals surface area (Å²) >= 11 is 0. The lowest BCUT2D eigenvalue weighted by Gasteiger charge is -2.02. The lowest BCUT2D eigenvalue weighted by Crippen LogP contribution is -2.02. The second-order valence-electron chi connectivity index (χ2n) is 3.86. The summed E-state index contributed by atoms with van der Waals surface area (Å²) in [5, 5.41) is 0. The summed E-state index contributed by atoms with van der Waals surface area (Å²) in [5.41, 5.74) is -0.00195. The van der Waals surface area contributed by atoms with Crippen LogP contribution in [0.3, 0.4) is 0 Å². The molecule has 1 aromatic carbocycles. The largest absolute Gasteiger partial charge is 0.294 e. The van der Waals surface area contributed by atoms with E-state index in [1.54, 1.807) is 0 Å². The topological polar surface area (TPSA) is 17.1 Å². The van der Waals surface area contributed by atoms with E-state index < -0.39 is 11.6 Å². The van der Waals surface area contributed by atoms with Gasteiger partial charge in [0.25, 0.3) is 0 Å². The number of benzene rings is 1. The monoisotopic (exact) mass is 226 g/mol. The average molecular weight is 226 g/mol. The van der Waals surface area contributed by atoms with Gasteiger partial charge < -0.3 is 0 Å². The summed E-state index contributed by atoms with van der Waals surface area (Å²) in [6.07, 6.45) is 4.26. The molecule has 0 aliphatic heterocycles. The zero-order valence-electron chi connectivity index (χ0n) is 9.43. The Labute approximate surface area is 94.5 Å². The maximum atomic E-state index is 13.2. The van der Waals surface area contributed by atoms with Gasteiger partial charge >= 0.3 is 0 Å². The summed E-state index contributed by atoms with van der Waals surface area (Å²) in [6.45, 7) is 2.08. The third-order valence-corrected chi connectivity index (χ3v) is 2.49. The van der Waals surface area contributed by atoms with E-state index in [2.05, 4.69) is 6.92 Å². The van der Waals surface area contributed by atoms with Crippen LogP contribution in [0.1, 0.15) is 49.4 Å². The zero-order chi connectivity index (χ0) is 12.0. The smallest absolute Gasteiger partial charge is 0.165 e. The molecular formula is C13H16F2O. The molecule has 0 aliphatic carbocycles. The Hall–Kier alpha value is -1.25. The first-order valence-electron chi connectivity index (χ1n) is 5.63. The zero-order valence-corrected chi connectivity index (χ0v) is 9.43. The fraction of sp³-hybridized carbons (Fsp3) is 0.462. The number of hydrogen-bond acceptors (Lipinski definition) is 1. The number of rotatable bonds is 6.